The van der Waals surface area contributed by atoms with Crippen molar-refractivity contribution in [3.8, 4) is 0 Å². The third-order valence-corrected chi connectivity index (χ3v) is 5.17. The lowest BCUT2D eigenvalue weighted by atomic mass is 10.1. The molecule has 1 aromatic carbocycles. The van der Waals surface area contributed by atoms with Crippen molar-refractivity contribution in [1.82, 2.24) is 9.55 Å². The average Bonchev–Trinajstić information content (AvgIpc) is 3.24. The van der Waals surface area contributed by atoms with Gasteiger partial charge in [0.1, 0.15) is 36.0 Å². The lowest BCUT2D eigenvalue weighted by Crippen LogP contribution is -2.42. The van der Waals surface area contributed by atoms with Gasteiger partial charge >= 0.3 is 0 Å². The van der Waals surface area contributed by atoms with Crippen LogP contribution >= 0.6 is 0 Å². The Morgan fingerprint density at radius 1 is 1.18 bits per heavy atom. The number of hydrogen-bond donors (Lipinski definition) is 4. The van der Waals surface area contributed by atoms with Crippen LogP contribution < -0.4 is 10.6 Å². The molecular formula is C19H25N5O4. The third-order valence-electron chi connectivity index (χ3n) is 5.17. The summed E-state index contributed by atoms with van der Waals surface area (Å²) in [6.45, 7) is 1.67. The number of para-hydroxylation sites is 1. The van der Waals surface area contributed by atoms with E-state index in [-0.39, 0.29) is 0 Å². The second-order valence-corrected chi connectivity index (χ2v) is 7.02. The fourth-order valence-electron chi connectivity index (χ4n) is 3.75. The predicted molar refractivity (Wildman–Crippen MR) is 103 cm³/mol. The van der Waals surface area contributed by atoms with E-state index >= 15 is 0 Å². The highest BCUT2D eigenvalue weighted by molar-refractivity contribution is 6.01. The van der Waals surface area contributed by atoms with E-state index in [0.29, 0.717) is 17.9 Å². The number of imidazole rings is 1. The summed E-state index contributed by atoms with van der Waals surface area (Å²) in [6.07, 6.45) is -1.61. The number of hydrogen-bond acceptors (Lipinski definition) is 8. The summed E-state index contributed by atoms with van der Waals surface area (Å²) < 4.78 is 7.22. The van der Waals surface area contributed by atoms with E-state index in [1.807, 2.05) is 35.2 Å². The topological polar surface area (TPSA) is 129 Å². The number of fused-ring (bicyclic) bond motifs is 1. The number of amidine groups is 1. The minimum atomic E-state index is -1.20. The monoisotopic (exact) mass is 387 g/mol. The Balaban J connectivity index is 1.75. The maximum Gasteiger partial charge on any atom is 0.165 e. The average molecular weight is 387 g/mol. The van der Waals surface area contributed by atoms with Gasteiger partial charge in [-0.3, -0.25) is 4.57 Å². The van der Waals surface area contributed by atoms with Crippen molar-refractivity contribution in [3.05, 3.63) is 42.4 Å². The highest BCUT2D eigenvalue weighted by Gasteiger charge is 2.45. The zero-order valence-electron chi connectivity index (χ0n) is 15.6. The van der Waals surface area contributed by atoms with Crippen LogP contribution in [0.3, 0.4) is 0 Å². The molecule has 5 atom stereocenters. The molecule has 0 amide bonds. The molecule has 0 saturated carbocycles. The summed E-state index contributed by atoms with van der Waals surface area (Å²) in [5.41, 5.74) is 8.03. The molecule has 150 valence electrons. The van der Waals surface area contributed by atoms with Crippen LogP contribution in [0.25, 0.3) is 0 Å². The first-order chi connectivity index (χ1) is 13.6. The van der Waals surface area contributed by atoms with Crippen LogP contribution in [0.5, 0.6) is 0 Å². The number of aliphatic imine (C=N–C) groups is 1. The van der Waals surface area contributed by atoms with Gasteiger partial charge in [-0.15, -0.1) is 0 Å². The van der Waals surface area contributed by atoms with E-state index in [9.17, 15) is 15.3 Å². The van der Waals surface area contributed by atoms with Gasteiger partial charge in [-0.25, -0.2) is 9.98 Å². The number of aliphatic hydroxyl groups is 3. The Labute approximate surface area is 162 Å². The summed E-state index contributed by atoms with van der Waals surface area (Å²) >= 11 is 0. The third kappa shape index (κ3) is 3.01. The van der Waals surface area contributed by atoms with E-state index < -0.39 is 37.3 Å². The molecule has 0 radical (unpaired) electrons. The fraction of sp³-hybridized carbons (Fsp3) is 0.474. The Hall–Kier alpha value is -2.30. The number of nitrogens with two attached hydrogens (primary N) is 1. The quantitative estimate of drug-likeness (QED) is 0.597. The van der Waals surface area contributed by atoms with Crippen LogP contribution in [0.1, 0.15) is 37.9 Å². The zero-order valence-corrected chi connectivity index (χ0v) is 15.6. The molecule has 3 heterocycles. The van der Waals surface area contributed by atoms with Crippen LogP contribution in [-0.2, 0) is 4.74 Å². The number of nitrogens with zero attached hydrogens (tertiary/aromatic N) is 4. The summed E-state index contributed by atoms with van der Waals surface area (Å²) in [5, 5.41) is 29.8. The van der Waals surface area contributed by atoms with E-state index in [1.165, 1.54) is 6.33 Å². The minimum absolute atomic E-state index is 0.392. The van der Waals surface area contributed by atoms with Crippen molar-refractivity contribution >= 4 is 17.3 Å². The zero-order chi connectivity index (χ0) is 19.8. The van der Waals surface area contributed by atoms with Gasteiger partial charge in [0, 0.05) is 12.1 Å². The van der Waals surface area contributed by atoms with Crippen molar-refractivity contribution in [2.24, 2.45) is 10.7 Å². The maximum atomic E-state index is 10.4. The van der Waals surface area contributed by atoms with Gasteiger partial charge in [0.15, 0.2) is 12.0 Å². The number of ether oxygens (including phenoxy) is 1. The number of benzene rings is 1. The molecule has 5 N–H and O–H groups in total. The van der Waals surface area contributed by atoms with E-state index in [4.69, 9.17) is 15.5 Å². The molecular weight excluding hydrogens is 362 g/mol. The SMILES string of the molecule is CCCC1=Nc2c(ncn2[C@@H]2O[C@H](CO)C(O)C2O)C(N)N1c1ccccc1. The van der Waals surface area contributed by atoms with Gasteiger partial charge in [0.05, 0.1) is 12.9 Å². The van der Waals surface area contributed by atoms with Gasteiger partial charge in [0.25, 0.3) is 0 Å². The summed E-state index contributed by atoms with van der Waals surface area (Å²) in [7, 11) is 0. The molecule has 2 aromatic rings. The van der Waals surface area contributed by atoms with Gasteiger partial charge in [-0.2, -0.15) is 0 Å². The lowest BCUT2D eigenvalue weighted by molar-refractivity contribution is -0.0520. The van der Waals surface area contributed by atoms with Gasteiger partial charge in [0.2, 0.25) is 0 Å². The first-order valence-electron chi connectivity index (χ1n) is 9.43. The molecule has 0 bridgehead atoms. The standard InChI is InChI=1S/C19H25N5O4/c1-2-6-13-22-18-14(17(20)24(13)11-7-4-3-5-8-11)21-10-23(18)19-16(27)15(26)12(9-25)28-19/h3-5,7-8,10,12,15-17,19,25-27H,2,6,9,20H2,1H3/t12-,15?,16?,17?,19-/m1/s1. The molecule has 2 aliphatic heterocycles. The Bertz CT molecular complexity index is 855. The van der Waals surface area contributed by atoms with Crippen LogP contribution in [0, 0.1) is 0 Å². The molecule has 0 spiro atoms. The van der Waals surface area contributed by atoms with Crippen LogP contribution in [0.2, 0.25) is 0 Å². The first kappa shape index (κ1) is 19.0. The number of rotatable bonds is 5. The van der Waals surface area contributed by atoms with Crippen molar-refractivity contribution < 1.29 is 20.1 Å². The molecule has 4 rings (SSSR count). The van der Waals surface area contributed by atoms with Crippen molar-refractivity contribution in [2.45, 2.75) is 50.5 Å². The lowest BCUT2D eigenvalue weighted by Gasteiger charge is -2.34. The molecule has 3 unspecified atom stereocenters. The molecule has 1 fully saturated rings. The van der Waals surface area contributed by atoms with Crippen molar-refractivity contribution in [2.75, 3.05) is 11.5 Å². The molecule has 9 heteroatoms. The maximum absolute atomic E-state index is 10.4. The summed E-state index contributed by atoms with van der Waals surface area (Å²) in [6, 6.07) is 9.77. The van der Waals surface area contributed by atoms with E-state index in [1.54, 1.807) is 4.57 Å². The number of anilines is 1. The second-order valence-electron chi connectivity index (χ2n) is 7.02. The number of aliphatic hydroxyl groups excluding tert-OH is 3. The molecule has 1 aromatic heterocycles. The fourth-order valence-corrected chi connectivity index (χ4v) is 3.75. The van der Waals surface area contributed by atoms with Crippen LogP contribution in [0.15, 0.2) is 41.7 Å². The molecule has 9 nitrogen and oxygen atoms in total. The van der Waals surface area contributed by atoms with Crippen LogP contribution in [0.4, 0.5) is 11.5 Å². The van der Waals surface area contributed by atoms with Crippen LogP contribution in [-0.4, -0.2) is 55.6 Å². The highest BCUT2D eigenvalue weighted by atomic mass is 16.6. The van der Waals surface area contributed by atoms with E-state index in [0.717, 1.165) is 17.9 Å². The van der Waals surface area contributed by atoms with Crippen molar-refractivity contribution in [1.29, 1.82) is 0 Å². The second kappa shape index (κ2) is 7.61. The highest BCUT2D eigenvalue weighted by Crippen LogP contribution is 2.39. The van der Waals surface area contributed by atoms with Gasteiger partial charge in [-0.05, 0) is 18.6 Å². The normalized spacial score (nSPS) is 29.7. The smallest absolute Gasteiger partial charge is 0.165 e. The minimum Gasteiger partial charge on any atom is -0.394 e. The van der Waals surface area contributed by atoms with Gasteiger partial charge in [-0.1, -0.05) is 25.1 Å². The van der Waals surface area contributed by atoms with Crippen molar-refractivity contribution in [3.63, 3.8) is 0 Å². The first-order valence-corrected chi connectivity index (χ1v) is 9.43. The number of aromatic nitrogens is 2. The largest absolute Gasteiger partial charge is 0.394 e. The van der Waals surface area contributed by atoms with Gasteiger partial charge < -0.3 is 30.7 Å². The predicted octanol–water partition coefficient (Wildman–Crippen LogP) is 0.802. The Morgan fingerprint density at radius 3 is 2.57 bits per heavy atom. The molecule has 28 heavy (non-hydrogen) atoms. The Morgan fingerprint density at radius 2 is 1.93 bits per heavy atom. The Kier molecular flexibility index (Phi) is 5.17. The summed E-state index contributed by atoms with van der Waals surface area (Å²) in [5.74, 6) is 1.29. The molecule has 0 aliphatic carbocycles. The summed E-state index contributed by atoms with van der Waals surface area (Å²) in [4.78, 5) is 11.2. The molecule has 2 aliphatic rings. The molecule has 1 saturated heterocycles. The van der Waals surface area contributed by atoms with E-state index in [2.05, 4.69) is 11.9 Å².